The van der Waals surface area contributed by atoms with E-state index in [2.05, 4.69) is 19.2 Å². The maximum absolute atomic E-state index is 12.2. The summed E-state index contributed by atoms with van der Waals surface area (Å²) in [5, 5.41) is 3.03. The van der Waals surface area contributed by atoms with E-state index in [0.717, 1.165) is 12.0 Å². The molecule has 1 rings (SSSR count). The molecular formula is C14H23NO2S. The lowest BCUT2D eigenvalue weighted by molar-refractivity contribution is 0.556. The summed E-state index contributed by atoms with van der Waals surface area (Å²) < 4.78 is 24.4. The van der Waals surface area contributed by atoms with Crippen LogP contribution in [0.25, 0.3) is 0 Å². The van der Waals surface area contributed by atoms with E-state index in [1.807, 2.05) is 19.1 Å². The summed E-state index contributed by atoms with van der Waals surface area (Å²) in [5.41, 5.74) is 1.16. The van der Waals surface area contributed by atoms with Gasteiger partial charge in [-0.3, -0.25) is 0 Å². The van der Waals surface area contributed by atoms with Gasteiger partial charge in [-0.15, -0.1) is 0 Å². The van der Waals surface area contributed by atoms with Crippen molar-refractivity contribution in [2.24, 2.45) is 0 Å². The molecule has 1 aromatic carbocycles. The molecule has 0 amide bonds. The van der Waals surface area contributed by atoms with Crippen LogP contribution in [0.2, 0.25) is 0 Å². The number of sulfone groups is 1. The average molecular weight is 269 g/mol. The normalized spacial score (nSPS) is 13.8. The van der Waals surface area contributed by atoms with Crippen molar-refractivity contribution >= 4 is 9.84 Å². The van der Waals surface area contributed by atoms with Gasteiger partial charge < -0.3 is 5.32 Å². The lowest BCUT2D eigenvalue weighted by Crippen LogP contribution is -2.32. The van der Waals surface area contributed by atoms with Crippen molar-refractivity contribution in [3.8, 4) is 0 Å². The fourth-order valence-electron chi connectivity index (χ4n) is 1.83. The molecule has 0 bridgehead atoms. The molecule has 1 N–H and O–H groups in total. The van der Waals surface area contributed by atoms with Crippen molar-refractivity contribution in [3.05, 3.63) is 29.8 Å². The molecule has 1 atom stereocenters. The third-order valence-corrected chi connectivity index (χ3v) is 5.06. The van der Waals surface area contributed by atoms with E-state index in [0.29, 0.717) is 10.8 Å². The highest BCUT2D eigenvalue weighted by Gasteiger charge is 2.19. The van der Waals surface area contributed by atoms with Gasteiger partial charge in [-0.25, -0.2) is 8.42 Å². The second-order valence-corrected chi connectivity index (χ2v) is 6.93. The van der Waals surface area contributed by atoms with Crippen molar-refractivity contribution in [2.75, 3.05) is 12.8 Å². The van der Waals surface area contributed by atoms with Gasteiger partial charge in [-0.1, -0.05) is 32.9 Å². The van der Waals surface area contributed by atoms with Gasteiger partial charge >= 0.3 is 0 Å². The Balaban J connectivity index is 2.91. The number of hydrogen-bond donors (Lipinski definition) is 1. The van der Waals surface area contributed by atoms with Gasteiger partial charge in [0.25, 0.3) is 0 Å². The molecule has 3 nitrogen and oxygen atoms in total. The van der Waals surface area contributed by atoms with Crippen LogP contribution in [0.15, 0.2) is 29.2 Å². The number of hydrogen-bond acceptors (Lipinski definition) is 3. The molecule has 0 aliphatic heterocycles. The van der Waals surface area contributed by atoms with Crippen LogP contribution in [-0.4, -0.2) is 27.3 Å². The first-order chi connectivity index (χ1) is 8.40. The van der Waals surface area contributed by atoms with Crippen molar-refractivity contribution in [1.82, 2.24) is 5.32 Å². The van der Waals surface area contributed by atoms with Gasteiger partial charge in [-0.05, 0) is 37.1 Å². The van der Waals surface area contributed by atoms with E-state index >= 15 is 0 Å². The van der Waals surface area contributed by atoms with Gasteiger partial charge in [0.2, 0.25) is 0 Å². The molecule has 0 spiro atoms. The first-order valence-corrected chi connectivity index (χ1v) is 8.06. The Morgan fingerprint density at radius 1 is 1.17 bits per heavy atom. The van der Waals surface area contributed by atoms with Crippen LogP contribution in [0.3, 0.4) is 0 Å². The molecular weight excluding hydrogens is 246 g/mol. The number of nitrogens with one attached hydrogen (secondary N) is 1. The zero-order chi connectivity index (χ0) is 13.8. The lowest BCUT2D eigenvalue weighted by atomic mass is 10.0. The molecule has 0 fully saturated rings. The third-order valence-electron chi connectivity index (χ3n) is 3.23. The summed E-state index contributed by atoms with van der Waals surface area (Å²) in [6.07, 6.45) is 0.805. The average Bonchev–Trinajstić information content (AvgIpc) is 2.36. The van der Waals surface area contributed by atoms with Crippen LogP contribution < -0.4 is 5.32 Å². The van der Waals surface area contributed by atoms with Gasteiger partial charge in [0.1, 0.15) is 0 Å². The first-order valence-electron chi connectivity index (χ1n) is 6.40. The Morgan fingerprint density at radius 2 is 1.72 bits per heavy atom. The smallest absolute Gasteiger partial charge is 0.179 e. The maximum Gasteiger partial charge on any atom is 0.179 e. The van der Waals surface area contributed by atoms with Gasteiger partial charge in [0.15, 0.2) is 9.84 Å². The van der Waals surface area contributed by atoms with Gasteiger partial charge in [-0.2, -0.15) is 0 Å². The molecule has 102 valence electrons. The molecule has 4 heteroatoms. The van der Waals surface area contributed by atoms with Crippen molar-refractivity contribution < 1.29 is 8.42 Å². The summed E-state index contributed by atoms with van der Waals surface area (Å²) in [5.74, 6) is 0.573. The number of benzene rings is 1. The van der Waals surface area contributed by atoms with Crippen LogP contribution in [-0.2, 0) is 9.84 Å². The largest absolute Gasteiger partial charge is 0.316 e. The van der Waals surface area contributed by atoms with Gasteiger partial charge in [0, 0.05) is 6.04 Å². The molecule has 0 saturated carbocycles. The molecule has 0 aliphatic rings. The predicted molar refractivity (Wildman–Crippen MR) is 75.7 cm³/mol. The van der Waals surface area contributed by atoms with E-state index in [4.69, 9.17) is 0 Å². The molecule has 18 heavy (non-hydrogen) atoms. The van der Waals surface area contributed by atoms with Gasteiger partial charge in [0.05, 0.1) is 10.6 Å². The second kappa shape index (κ2) is 6.34. The summed E-state index contributed by atoms with van der Waals surface area (Å²) in [6, 6.07) is 7.25. The SMILES string of the molecule is CCC(CS(=O)(=O)c1ccc(C(C)C)cc1)NC. The van der Waals surface area contributed by atoms with Crippen molar-refractivity contribution in [1.29, 1.82) is 0 Å². The quantitative estimate of drug-likeness (QED) is 0.863. The van der Waals surface area contributed by atoms with Crippen LogP contribution in [0.5, 0.6) is 0 Å². The maximum atomic E-state index is 12.2. The van der Waals surface area contributed by atoms with Crippen LogP contribution in [0, 0.1) is 0 Å². The number of rotatable bonds is 6. The first kappa shape index (κ1) is 15.2. The minimum Gasteiger partial charge on any atom is -0.316 e. The Kier molecular flexibility index (Phi) is 5.35. The third kappa shape index (κ3) is 3.82. The fraction of sp³-hybridized carbons (Fsp3) is 0.571. The minimum absolute atomic E-state index is 0.0137. The highest BCUT2D eigenvalue weighted by Crippen LogP contribution is 2.18. The molecule has 0 radical (unpaired) electrons. The minimum atomic E-state index is -3.19. The van der Waals surface area contributed by atoms with E-state index in [-0.39, 0.29) is 11.8 Å². The van der Waals surface area contributed by atoms with E-state index < -0.39 is 9.84 Å². The summed E-state index contributed by atoms with van der Waals surface area (Å²) in [7, 11) is -1.39. The predicted octanol–water partition coefficient (Wildman–Crippen LogP) is 2.58. The summed E-state index contributed by atoms with van der Waals surface area (Å²) in [4.78, 5) is 0.417. The van der Waals surface area contributed by atoms with Crippen molar-refractivity contribution in [2.45, 2.75) is 44.0 Å². The molecule has 1 unspecified atom stereocenters. The molecule has 0 aliphatic carbocycles. The Hall–Kier alpha value is -0.870. The zero-order valence-corrected chi connectivity index (χ0v) is 12.4. The molecule has 0 heterocycles. The van der Waals surface area contributed by atoms with Crippen LogP contribution in [0.4, 0.5) is 0 Å². The second-order valence-electron chi connectivity index (χ2n) is 4.90. The fourth-order valence-corrected chi connectivity index (χ4v) is 3.50. The van der Waals surface area contributed by atoms with E-state index in [1.165, 1.54) is 0 Å². The van der Waals surface area contributed by atoms with E-state index in [9.17, 15) is 8.42 Å². The molecule has 1 aromatic rings. The highest BCUT2D eigenvalue weighted by atomic mass is 32.2. The summed E-state index contributed by atoms with van der Waals surface area (Å²) >= 11 is 0. The standard InChI is InChI=1S/C14H23NO2S/c1-5-13(15-4)10-18(16,17)14-8-6-12(7-9-14)11(2)3/h6-9,11,13,15H,5,10H2,1-4H3. The highest BCUT2D eigenvalue weighted by molar-refractivity contribution is 7.91. The Morgan fingerprint density at radius 3 is 2.11 bits per heavy atom. The monoisotopic (exact) mass is 269 g/mol. The molecule has 0 aromatic heterocycles. The van der Waals surface area contributed by atoms with Crippen molar-refractivity contribution in [3.63, 3.8) is 0 Å². The zero-order valence-electron chi connectivity index (χ0n) is 11.6. The Labute approximate surface area is 111 Å². The summed E-state index contributed by atoms with van der Waals surface area (Å²) in [6.45, 7) is 6.17. The molecule has 0 saturated heterocycles. The Bertz CT molecular complexity index is 459. The van der Waals surface area contributed by atoms with Crippen LogP contribution in [0.1, 0.15) is 38.7 Å². The lowest BCUT2D eigenvalue weighted by Gasteiger charge is -2.14. The topological polar surface area (TPSA) is 46.2 Å². The van der Waals surface area contributed by atoms with E-state index in [1.54, 1.807) is 19.2 Å². The van der Waals surface area contributed by atoms with Crippen LogP contribution >= 0.6 is 0 Å².